The van der Waals surface area contributed by atoms with Gasteiger partial charge in [-0.2, -0.15) is 5.10 Å². The Kier molecular flexibility index (Phi) is 5.99. The van der Waals surface area contributed by atoms with Gasteiger partial charge in [0.15, 0.2) is 0 Å². The van der Waals surface area contributed by atoms with E-state index >= 15 is 0 Å². The van der Waals surface area contributed by atoms with Gasteiger partial charge < -0.3 is 15.2 Å². The summed E-state index contributed by atoms with van der Waals surface area (Å²) in [6, 6.07) is 1.92. The van der Waals surface area contributed by atoms with Crippen LogP contribution in [0, 0.1) is 0 Å². The molecule has 0 aliphatic heterocycles. The van der Waals surface area contributed by atoms with E-state index in [1.165, 1.54) is 0 Å². The van der Waals surface area contributed by atoms with Gasteiger partial charge in [0.2, 0.25) is 0 Å². The molecule has 0 unspecified atom stereocenters. The molecule has 1 aromatic rings. The van der Waals surface area contributed by atoms with Gasteiger partial charge in [-0.15, -0.1) is 0 Å². The average Bonchev–Trinajstić information content (AvgIpc) is 2.71. The standard InChI is InChI=1S/C10H19N3O2/c1-14-6-2-7-15-8-5-13-4-3-10(9-11)12-13/h3-4H,2,5-9,11H2,1H3. The van der Waals surface area contributed by atoms with Crippen molar-refractivity contribution in [2.75, 3.05) is 26.9 Å². The molecule has 0 saturated carbocycles. The number of aromatic nitrogens is 2. The first-order chi connectivity index (χ1) is 7.36. The van der Waals surface area contributed by atoms with E-state index in [-0.39, 0.29) is 0 Å². The zero-order valence-electron chi connectivity index (χ0n) is 9.19. The lowest BCUT2D eigenvalue weighted by Gasteiger charge is -2.03. The van der Waals surface area contributed by atoms with Gasteiger partial charge >= 0.3 is 0 Å². The molecule has 0 aliphatic rings. The van der Waals surface area contributed by atoms with Crippen LogP contribution in [0.2, 0.25) is 0 Å². The maximum absolute atomic E-state index is 5.45. The highest BCUT2D eigenvalue weighted by molar-refractivity contribution is 4.97. The highest BCUT2D eigenvalue weighted by Gasteiger charge is 1.96. The summed E-state index contributed by atoms with van der Waals surface area (Å²) in [6.07, 6.45) is 2.85. The molecule has 0 saturated heterocycles. The van der Waals surface area contributed by atoms with E-state index in [0.29, 0.717) is 13.2 Å². The molecule has 0 amide bonds. The first kappa shape index (κ1) is 12.2. The minimum Gasteiger partial charge on any atom is -0.385 e. The molecule has 5 nitrogen and oxygen atoms in total. The van der Waals surface area contributed by atoms with Gasteiger partial charge in [0.25, 0.3) is 0 Å². The lowest BCUT2D eigenvalue weighted by Crippen LogP contribution is -2.09. The zero-order valence-corrected chi connectivity index (χ0v) is 9.19. The summed E-state index contributed by atoms with van der Waals surface area (Å²) in [5.74, 6) is 0. The minimum absolute atomic E-state index is 0.488. The number of ether oxygens (including phenoxy) is 2. The normalized spacial score (nSPS) is 10.8. The molecule has 0 aliphatic carbocycles. The monoisotopic (exact) mass is 213 g/mol. The van der Waals surface area contributed by atoms with Gasteiger partial charge in [-0.05, 0) is 12.5 Å². The molecule has 0 fully saturated rings. The average molecular weight is 213 g/mol. The molecule has 15 heavy (non-hydrogen) atoms. The van der Waals surface area contributed by atoms with Crippen molar-refractivity contribution in [1.29, 1.82) is 0 Å². The maximum Gasteiger partial charge on any atom is 0.0760 e. The third-order valence-corrected chi connectivity index (χ3v) is 2.01. The number of hydrogen-bond acceptors (Lipinski definition) is 4. The molecule has 0 radical (unpaired) electrons. The topological polar surface area (TPSA) is 62.3 Å². The van der Waals surface area contributed by atoms with Crippen molar-refractivity contribution in [3.05, 3.63) is 18.0 Å². The van der Waals surface area contributed by atoms with Crippen LogP contribution in [0.4, 0.5) is 0 Å². The molecule has 1 heterocycles. The summed E-state index contributed by atoms with van der Waals surface area (Å²) in [5.41, 5.74) is 6.36. The van der Waals surface area contributed by atoms with Crippen LogP contribution in [0.25, 0.3) is 0 Å². The molecule has 2 N–H and O–H groups in total. The smallest absolute Gasteiger partial charge is 0.0760 e. The van der Waals surface area contributed by atoms with E-state index in [4.69, 9.17) is 15.2 Å². The number of nitrogens with zero attached hydrogens (tertiary/aromatic N) is 2. The van der Waals surface area contributed by atoms with Crippen LogP contribution in [0.3, 0.4) is 0 Å². The van der Waals surface area contributed by atoms with Gasteiger partial charge in [-0.25, -0.2) is 0 Å². The van der Waals surface area contributed by atoms with Crippen molar-refractivity contribution in [2.45, 2.75) is 19.5 Å². The Morgan fingerprint density at radius 1 is 1.40 bits per heavy atom. The summed E-state index contributed by atoms with van der Waals surface area (Å²) < 4.78 is 12.2. The molecule has 0 atom stereocenters. The third kappa shape index (κ3) is 4.92. The van der Waals surface area contributed by atoms with Gasteiger partial charge in [0.05, 0.1) is 18.8 Å². The Morgan fingerprint density at radius 3 is 2.93 bits per heavy atom. The van der Waals surface area contributed by atoms with E-state index in [0.717, 1.165) is 31.9 Å². The van der Waals surface area contributed by atoms with Crippen molar-refractivity contribution >= 4 is 0 Å². The predicted octanol–water partition coefficient (Wildman–Crippen LogP) is 0.395. The van der Waals surface area contributed by atoms with Crippen molar-refractivity contribution < 1.29 is 9.47 Å². The van der Waals surface area contributed by atoms with Crippen LogP contribution in [-0.2, 0) is 22.6 Å². The second kappa shape index (κ2) is 7.39. The van der Waals surface area contributed by atoms with E-state index < -0.39 is 0 Å². The Hall–Kier alpha value is -0.910. The first-order valence-electron chi connectivity index (χ1n) is 5.16. The van der Waals surface area contributed by atoms with E-state index in [1.54, 1.807) is 7.11 Å². The molecular weight excluding hydrogens is 194 g/mol. The predicted molar refractivity (Wildman–Crippen MR) is 57.4 cm³/mol. The van der Waals surface area contributed by atoms with Gasteiger partial charge in [-0.1, -0.05) is 0 Å². The fourth-order valence-corrected chi connectivity index (χ4v) is 1.20. The molecule has 5 heteroatoms. The second-order valence-electron chi connectivity index (χ2n) is 3.23. The highest BCUT2D eigenvalue weighted by Crippen LogP contribution is 1.94. The van der Waals surface area contributed by atoms with Crippen molar-refractivity contribution in [3.63, 3.8) is 0 Å². The van der Waals surface area contributed by atoms with E-state index in [2.05, 4.69) is 5.10 Å². The molecule has 1 rings (SSSR count). The minimum atomic E-state index is 0.488. The van der Waals surface area contributed by atoms with Crippen molar-refractivity contribution in [2.24, 2.45) is 5.73 Å². The number of methoxy groups -OCH3 is 1. The first-order valence-corrected chi connectivity index (χ1v) is 5.16. The van der Waals surface area contributed by atoms with Crippen LogP contribution < -0.4 is 5.73 Å². The molecule has 0 aromatic carbocycles. The SMILES string of the molecule is COCCCOCCn1ccc(CN)n1. The summed E-state index contributed by atoms with van der Waals surface area (Å²) in [7, 11) is 1.69. The molecule has 86 valence electrons. The quantitative estimate of drug-likeness (QED) is 0.635. The second-order valence-corrected chi connectivity index (χ2v) is 3.23. The Balaban J connectivity index is 2.04. The third-order valence-electron chi connectivity index (χ3n) is 2.01. The number of rotatable bonds is 8. The molecular formula is C10H19N3O2. The lowest BCUT2D eigenvalue weighted by atomic mass is 10.4. The molecule has 1 aromatic heterocycles. The Morgan fingerprint density at radius 2 is 2.27 bits per heavy atom. The lowest BCUT2D eigenvalue weighted by molar-refractivity contribution is 0.0960. The Bertz CT molecular complexity index is 263. The fourth-order valence-electron chi connectivity index (χ4n) is 1.20. The maximum atomic E-state index is 5.45. The number of nitrogens with two attached hydrogens (primary N) is 1. The van der Waals surface area contributed by atoms with Gasteiger partial charge in [0, 0.05) is 33.1 Å². The zero-order chi connectivity index (χ0) is 10.9. The highest BCUT2D eigenvalue weighted by atomic mass is 16.5. The summed E-state index contributed by atoms with van der Waals surface area (Å²) in [6.45, 7) is 3.42. The number of hydrogen-bond donors (Lipinski definition) is 1. The fraction of sp³-hybridized carbons (Fsp3) is 0.700. The Labute approximate surface area is 90.2 Å². The summed E-state index contributed by atoms with van der Waals surface area (Å²) >= 11 is 0. The largest absolute Gasteiger partial charge is 0.385 e. The van der Waals surface area contributed by atoms with Crippen LogP contribution in [0.5, 0.6) is 0 Å². The van der Waals surface area contributed by atoms with E-state index in [1.807, 2.05) is 16.9 Å². The summed E-state index contributed by atoms with van der Waals surface area (Å²) in [5, 5.41) is 4.25. The van der Waals surface area contributed by atoms with Gasteiger partial charge in [0.1, 0.15) is 0 Å². The van der Waals surface area contributed by atoms with Crippen molar-refractivity contribution in [3.8, 4) is 0 Å². The summed E-state index contributed by atoms with van der Waals surface area (Å²) in [4.78, 5) is 0. The van der Waals surface area contributed by atoms with Gasteiger partial charge in [-0.3, -0.25) is 4.68 Å². The van der Waals surface area contributed by atoms with E-state index in [9.17, 15) is 0 Å². The van der Waals surface area contributed by atoms with Crippen LogP contribution >= 0.6 is 0 Å². The van der Waals surface area contributed by atoms with Crippen LogP contribution in [0.15, 0.2) is 12.3 Å². The van der Waals surface area contributed by atoms with Crippen molar-refractivity contribution in [1.82, 2.24) is 9.78 Å². The molecule has 0 bridgehead atoms. The van der Waals surface area contributed by atoms with Crippen LogP contribution in [-0.4, -0.2) is 36.7 Å². The van der Waals surface area contributed by atoms with Crippen LogP contribution in [0.1, 0.15) is 12.1 Å². The molecule has 0 spiro atoms.